The number of nitrogens with zero attached hydrogens (tertiary/aromatic N) is 5. The average Bonchev–Trinajstić information content (AvgIpc) is 2.46. The van der Waals surface area contributed by atoms with E-state index >= 15 is 0 Å². The first-order valence-electron chi connectivity index (χ1n) is 3.45. The second kappa shape index (κ2) is 4.69. The first-order chi connectivity index (χ1) is 5.84. The minimum Gasteiger partial charge on any atom is -0.329 e. The fraction of sp³-hybridized carbons (Fsp3) is 0.500. The Kier molecular flexibility index (Phi) is 3.50. The maximum absolute atomic E-state index is 8.01. The molecule has 1 heterocycles. The van der Waals surface area contributed by atoms with Gasteiger partial charge in [0, 0.05) is 36.7 Å². The number of azide groups is 1. The van der Waals surface area contributed by atoms with Crippen LogP contribution in [0.3, 0.4) is 0 Å². The van der Waals surface area contributed by atoms with Gasteiger partial charge in [-0.1, -0.05) is 16.9 Å². The van der Waals surface area contributed by atoms with Gasteiger partial charge in [0.1, 0.15) is 0 Å². The van der Waals surface area contributed by atoms with E-state index in [1.807, 2.05) is 17.8 Å². The molecule has 0 bridgehead atoms. The summed E-state index contributed by atoms with van der Waals surface area (Å²) in [5.74, 6) is 0.773. The summed E-state index contributed by atoms with van der Waals surface area (Å²) in [4.78, 5) is 6.77. The van der Waals surface area contributed by atoms with Crippen molar-refractivity contribution in [3.05, 3.63) is 22.8 Å². The van der Waals surface area contributed by atoms with Crippen molar-refractivity contribution in [1.82, 2.24) is 9.55 Å². The van der Waals surface area contributed by atoms with Crippen LogP contribution < -0.4 is 0 Å². The lowest BCUT2D eigenvalue weighted by Gasteiger charge is -1.97. The molecule has 0 fully saturated rings. The standard InChI is InChI=1S/C6H9N5S/c1-11-4-2-8-6(11)12-5-3-9-10-7/h2,4H,3,5H2,1H3. The maximum Gasteiger partial charge on any atom is 0.167 e. The fourth-order valence-corrected chi connectivity index (χ4v) is 1.47. The van der Waals surface area contributed by atoms with Crippen LogP contribution in [0.1, 0.15) is 0 Å². The number of thioether (sulfide) groups is 1. The molecule has 1 aromatic rings. The SMILES string of the molecule is Cn1ccnc1SCCN=[N+]=[N-]. The van der Waals surface area contributed by atoms with Crippen LogP contribution in [0.15, 0.2) is 22.7 Å². The molecule has 0 saturated heterocycles. The molecule has 6 heteroatoms. The Morgan fingerprint density at radius 2 is 2.67 bits per heavy atom. The lowest BCUT2D eigenvalue weighted by molar-refractivity contribution is 0.789. The van der Waals surface area contributed by atoms with Crippen molar-refractivity contribution in [1.29, 1.82) is 0 Å². The Morgan fingerprint density at radius 1 is 1.83 bits per heavy atom. The van der Waals surface area contributed by atoms with E-state index in [4.69, 9.17) is 5.53 Å². The van der Waals surface area contributed by atoms with Gasteiger partial charge in [0.05, 0.1) is 0 Å². The minimum absolute atomic E-state index is 0.508. The highest BCUT2D eigenvalue weighted by Crippen LogP contribution is 2.13. The van der Waals surface area contributed by atoms with Crippen molar-refractivity contribution in [2.75, 3.05) is 12.3 Å². The Balaban J connectivity index is 2.33. The van der Waals surface area contributed by atoms with Crippen molar-refractivity contribution in [3.8, 4) is 0 Å². The normalized spacial score (nSPS) is 9.42. The quantitative estimate of drug-likeness (QED) is 0.235. The van der Waals surface area contributed by atoms with E-state index in [1.165, 1.54) is 0 Å². The van der Waals surface area contributed by atoms with Crippen LogP contribution in [0.2, 0.25) is 0 Å². The van der Waals surface area contributed by atoms with Crippen LogP contribution in [0.5, 0.6) is 0 Å². The van der Waals surface area contributed by atoms with E-state index in [2.05, 4.69) is 15.0 Å². The summed E-state index contributed by atoms with van der Waals surface area (Å²) in [5.41, 5.74) is 8.01. The Morgan fingerprint density at radius 3 is 3.25 bits per heavy atom. The van der Waals surface area contributed by atoms with E-state index in [1.54, 1.807) is 18.0 Å². The number of hydrogen-bond acceptors (Lipinski definition) is 3. The van der Waals surface area contributed by atoms with Gasteiger partial charge in [0.25, 0.3) is 0 Å². The maximum atomic E-state index is 8.01. The average molecular weight is 183 g/mol. The number of aromatic nitrogens is 2. The fourth-order valence-electron chi connectivity index (χ4n) is 0.713. The van der Waals surface area contributed by atoms with Gasteiger partial charge in [0.15, 0.2) is 5.16 Å². The number of rotatable bonds is 4. The zero-order chi connectivity index (χ0) is 8.81. The van der Waals surface area contributed by atoms with Crippen molar-refractivity contribution < 1.29 is 0 Å². The summed E-state index contributed by atoms with van der Waals surface area (Å²) < 4.78 is 1.93. The number of aryl methyl sites for hydroxylation is 1. The Hall–Kier alpha value is -1.13. The zero-order valence-corrected chi connectivity index (χ0v) is 7.53. The van der Waals surface area contributed by atoms with Gasteiger partial charge < -0.3 is 4.57 Å². The predicted octanol–water partition coefficient (Wildman–Crippen LogP) is 1.82. The summed E-state index contributed by atoms with van der Waals surface area (Å²) in [5, 5.41) is 4.37. The molecule has 0 amide bonds. The Bertz CT molecular complexity index is 288. The molecule has 0 aliphatic rings. The lowest BCUT2D eigenvalue weighted by Crippen LogP contribution is -1.91. The molecule has 0 aliphatic carbocycles. The molecule has 12 heavy (non-hydrogen) atoms. The van der Waals surface area contributed by atoms with Gasteiger partial charge in [-0.3, -0.25) is 0 Å². The highest BCUT2D eigenvalue weighted by Gasteiger charge is 1.97. The van der Waals surface area contributed by atoms with E-state index in [0.29, 0.717) is 6.54 Å². The van der Waals surface area contributed by atoms with Gasteiger partial charge in [-0.2, -0.15) is 0 Å². The molecule has 0 unspecified atom stereocenters. The summed E-state index contributed by atoms with van der Waals surface area (Å²) in [6, 6.07) is 0. The molecule has 64 valence electrons. The smallest absolute Gasteiger partial charge is 0.167 e. The number of imidazole rings is 1. The van der Waals surface area contributed by atoms with Crippen LogP contribution in [-0.2, 0) is 7.05 Å². The van der Waals surface area contributed by atoms with Crippen LogP contribution in [0, 0.1) is 0 Å². The third kappa shape index (κ3) is 2.48. The van der Waals surface area contributed by atoms with E-state index in [-0.39, 0.29) is 0 Å². The molecule has 0 aliphatic heterocycles. The topological polar surface area (TPSA) is 66.6 Å². The Labute approximate surface area is 74.4 Å². The van der Waals surface area contributed by atoms with E-state index in [9.17, 15) is 0 Å². The van der Waals surface area contributed by atoms with Crippen LogP contribution >= 0.6 is 11.8 Å². The van der Waals surface area contributed by atoms with E-state index < -0.39 is 0 Å². The van der Waals surface area contributed by atoms with E-state index in [0.717, 1.165) is 10.9 Å². The summed E-state index contributed by atoms with van der Waals surface area (Å²) in [6.45, 7) is 0.508. The second-order valence-electron chi connectivity index (χ2n) is 2.12. The third-order valence-corrected chi connectivity index (χ3v) is 2.30. The van der Waals surface area contributed by atoms with Gasteiger partial charge in [-0.05, 0) is 5.53 Å². The summed E-state index contributed by atoms with van der Waals surface area (Å²) in [6.07, 6.45) is 3.63. The third-order valence-electron chi connectivity index (χ3n) is 1.26. The number of hydrogen-bond donors (Lipinski definition) is 0. The molecule has 0 aromatic carbocycles. The van der Waals surface area contributed by atoms with Gasteiger partial charge in [0.2, 0.25) is 0 Å². The first kappa shape index (κ1) is 8.96. The molecular formula is C6H9N5S. The predicted molar refractivity (Wildman–Crippen MR) is 47.9 cm³/mol. The van der Waals surface area contributed by atoms with Crippen LogP contribution in [-0.4, -0.2) is 21.8 Å². The second-order valence-corrected chi connectivity index (χ2v) is 3.19. The first-order valence-corrected chi connectivity index (χ1v) is 4.44. The summed E-state index contributed by atoms with van der Waals surface area (Å²) in [7, 11) is 1.93. The largest absolute Gasteiger partial charge is 0.329 e. The van der Waals surface area contributed by atoms with Gasteiger partial charge >= 0.3 is 0 Å². The molecule has 0 atom stereocenters. The molecule has 0 spiro atoms. The lowest BCUT2D eigenvalue weighted by atomic mass is 10.8. The molecule has 1 aromatic heterocycles. The monoisotopic (exact) mass is 183 g/mol. The van der Waals surface area contributed by atoms with Crippen molar-refractivity contribution in [2.24, 2.45) is 12.2 Å². The molecular weight excluding hydrogens is 174 g/mol. The van der Waals surface area contributed by atoms with Crippen LogP contribution in [0.25, 0.3) is 10.4 Å². The van der Waals surface area contributed by atoms with Crippen LogP contribution in [0.4, 0.5) is 0 Å². The molecule has 0 radical (unpaired) electrons. The molecule has 0 N–H and O–H groups in total. The highest BCUT2D eigenvalue weighted by molar-refractivity contribution is 7.99. The van der Waals surface area contributed by atoms with Crippen molar-refractivity contribution >= 4 is 11.8 Å². The molecule has 0 saturated carbocycles. The molecule has 5 nitrogen and oxygen atoms in total. The summed E-state index contributed by atoms with van der Waals surface area (Å²) >= 11 is 1.58. The zero-order valence-electron chi connectivity index (χ0n) is 6.71. The van der Waals surface area contributed by atoms with Crippen molar-refractivity contribution in [3.63, 3.8) is 0 Å². The van der Waals surface area contributed by atoms with Crippen molar-refractivity contribution in [2.45, 2.75) is 5.16 Å². The highest BCUT2D eigenvalue weighted by atomic mass is 32.2. The van der Waals surface area contributed by atoms with Gasteiger partial charge in [-0.25, -0.2) is 4.98 Å². The van der Waals surface area contributed by atoms with Gasteiger partial charge in [-0.15, -0.1) is 0 Å². The minimum atomic E-state index is 0.508. The molecule has 1 rings (SSSR count).